The zero-order valence-electron chi connectivity index (χ0n) is 17.6. The number of amides is 3. The molecule has 2 unspecified atom stereocenters. The molecular formula is C24H15ClFN3O5. The van der Waals surface area contributed by atoms with E-state index in [1.54, 1.807) is 25.1 Å². The second-order valence-corrected chi connectivity index (χ2v) is 8.48. The summed E-state index contributed by atoms with van der Waals surface area (Å²) in [6, 6.07) is 11.8. The smallest absolute Gasteiger partial charge is 0.270 e. The molecule has 2 atom stereocenters. The molecule has 2 aliphatic rings. The van der Waals surface area contributed by atoms with Gasteiger partial charge in [0.15, 0.2) is 0 Å². The maximum Gasteiger partial charge on any atom is 0.270 e. The quantitative estimate of drug-likeness (QED) is 0.238. The van der Waals surface area contributed by atoms with Crippen molar-refractivity contribution in [1.29, 1.82) is 0 Å². The summed E-state index contributed by atoms with van der Waals surface area (Å²) in [5.74, 6) is -2.49. The maximum absolute atomic E-state index is 13.6. The van der Waals surface area contributed by atoms with Crippen LogP contribution in [0.5, 0.6) is 0 Å². The minimum Gasteiger partial charge on any atom is -0.300 e. The summed E-state index contributed by atoms with van der Waals surface area (Å²) in [7, 11) is 0. The van der Waals surface area contributed by atoms with E-state index in [-0.39, 0.29) is 16.8 Å². The minimum absolute atomic E-state index is 0.0117. The number of benzene rings is 3. The number of hydrogen-bond acceptors (Lipinski definition) is 5. The molecule has 1 fully saturated rings. The van der Waals surface area contributed by atoms with Gasteiger partial charge in [-0.3, -0.25) is 29.4 Å². The Kier molecular flexibility index (Phi) is 4.94. The van der Waals surface area contributed by atoms with Gasteiger partial charge in [-0.25, -0.2) is 4.39 Å². The zero-order valence-corrected chi connectivity index (χ0v) is 18.3. The highest BCUT2D eigenvalue weighted by Crippen LogP contribution is 2.45. The first-order chi connectivity index (χ1) is 16.2. The number of fused-ring (bicyclic) bond motifs is 1. The summed E-state index contributed by atoms with van der Waals surface area (Å²) in [5.41, 5.74) is 1.27. The van der Waals surface area contributed by atoms with Gasteiger partial charge in [-0.05, 0) is 54.4 Å². The molecule has 0 radical (unpaired) electrons. The number of nitro groups is 1. The highest BCUT2D eigenvalue weighted by atomic mass is 35.5. The predicted molar refractivity (Wildman–Crippen MR) is 120 cm³/mol. The maximum atomic E-state index is 13.6. The Bertz CT molecular complexity index is 1410. The topological polar surface area (TPSA) is 101 Å². The molecule has 0 bridgehead atoms. The van der Waals surface area contributed by atoms with Crippen molar-refractivity contribution in [2.45, 2.75) is 19.0 Å². The van der Waals surface area contributed by atoms with Gasteiger partial charge in [0.2, 0.25) is 0 Å². The van der Waals surface area contributed by atoms with Gasteiger partial charge in [0, 0.05) is 22.8 Å². The highest BCUT2D eigenvalue weighted by molar-refractivity contribution is 6.31. The normalized spacial score (nSPS) is 19.3. The van der Waals surface area contributed by atoms with Crippen LogP contribution in [0, 0.1) is 22.9 Å². The summed E-state index contributed by atoms with van der Waals surface area (Å²) in [4.78, 5) is 52.5. The fraction of sp³-hybridized carbons (Fsp3) is 0.125. The highest BCUT2D eigenvalue weighted by Gasteiger charge is 2.57. The van der Waals surface area contributed by atoms with E-state index in [2.05, 4.69) is 0 Å². The molecule has 3 aromatic rings. The standard InChI is InChI=1S/C24H15ClFN3O5/c1-12-10-14(25)4-9-19(12)27-20(13-2-5-15(26)6-3-13)21(24(27)32)28-22(30)17-8-7-16(29(33)34)11-18(17)23(28)31/h2-11,20-21H,1H3. The third-order valence-corrected chi connectivity index (χ3v) is 6.32. The third kappa shape index (κ3) is 3.16. The lowest BCUT2D eigenvalue weighted by Gasteiger charge is -2.50. The third-order valence-electron chi connectivity index (χ3n) is 6.09. The van der Waals surface area contributed by atoms with Gasteiger partial charge < -0.3 is 4.90 Å². The first-order valence-electron chi connectivity index (χ1n) is 10.2. The number of nitro benzene ring substituents is 1. The molecule has 10 heteroatoms. The molecule has 0 aliphatic carbocycles. The van der Waals surface area contributed by atoms with E-state index in [9.17, 15) is 28.9 Å². The van der Waals surface area contributed by atoms with Crippen LogP contribution in [0.4, 0.5) is 15.8 Å². The van der Waals surface area contributed by atoms with E-state index >= 15 is 0 Å². The fourth-order valence-electron chi connectivity index (χ4n) is 4.49. The number of rotatable bonds is 4. The Morgan fingerprint density at radius 3 is 2.21 bits per heavy atom. The molecule has 5 rings (SSSR count). The molecule has 0 spiro atoms. The molecule has 3 amide bonds. The second kappa shape index (κ2) is 7.74. The molecule has 170 valence electrons. The first-order valence-corrected chi connectivity index (χ1v) is 10.6. The molecular weight excluding hydrogens is 465 g/mol. The molecule has 2 aliphatic heterocycles. The van der Waals surface area contributed by atoms with Gasteiger partial charge in [-0.1, -0.05) is 23.7 Å². The SMILES string of the molecule is Cc1cc(Cl)ccc1N1C(=O)C(N2C(=O)c3ccc([N+](=O)[O-])cc3C2=O)C1c1ccc(F)cc1. The number of anilines is 1. The Morgan fingerprint density at radius 2 is 1.56 bits per heavy atom. The molecule has 34 heavy (non-hydrogen) atoms. The van der Waals surface area contributed by atoms with Crippen LogP contribution < -0.4 is 4.90 Å². The molecule has 8 nitrogen and oxygen atoms in total. The molecule has 0 saturated carbocycles. The van der Waals surface area contributed by atoms with E-state index in [0.29, 0.717) is 21.8 Å². The Morgan fingerprint density at radius 1 is 0.882 bits per heavy atom. The number of carbonyl (C=O) groups is 3. The number of aryl methyl sites for hydroxylation is 1. The Balaban J connectivity index is 1.59. The van der Waals surface area contributed by atoms with Crippen molar-refractivity contribution < 1.29 is 23.7 Å². The lowest BCUT2D eigenvalue weighted by molar-refractivity contribution is -0.384. The van der Waals surface area contributed by atoms with E-state index in [1.807, 2.05) is 0 Å². The lowest BCUT2D eigenvalue weighted by Crippen LogP contribution is -2.67. The van der Waals surface area contributed by atoms with Crippen LogP contribution in [0.1, 0.15) is 37.9 Å². The van der Waals surface area contributed by atoms with E-state index in [4.69, 9.17) is 11.6 Å². The average Bonchev–Trinajstić information content (AvgIpc) is 3.04. The van der Waals surface area contributed by atoms with Crippen molar-refractivity contribution in [1.82, 2.24) is 4.90 Å². The van der Waals surface area contributed by atoms with E-state index in [1.165, 1.54) is 35.2 Å². The average molecular weight is 480 g/mol. The lowest BCUT2D eigenvalue weighted by atomic mass is 9.85. The van der Waals surface area contributed by atoms with Crippen LogP contribution in [0.15, 0.2) is 60.7 Å². The number of nitrogens with zero attached hydrogens (tertiary/aromatic N) is 3. The van der Waals surface area contributed by atoms with E-state index < -0.39 is 40.5 Å². The summed E-state index contributed by atoms with van der Waals surface area (Å²) in [5, 5.41) is 11.6. The van der Waals surface area contributed by atoms with Crippen LogP contribution in [-0.2, 0) is 4.79 Å². The second-order valence-electron chi connectivity index (χ2n) is 8.05. The van der Waals surface area contributed by atoms with Crippen LogP contribution in [-0.4, -0.2) is 33.6 Å². The van der Waals surface area contributed by atoms with Gasteiger partial charge in [0.1, 0.15) is 11.9 Å². The molecule has 0 N–H and O–H groups in total. The van der Waals surface area contributed by atoms with Gasteiger partial charge in [0.05, 0.1) is 22.1 Å². The van der Waals surface area contributed by atoms with Crippen molar-refractivity contribution in [2.75, 3.05) is 4.90 Å². The Labute approximate surface area is 197 Å². The van der Waals surface area contributed by atoms with Gasteiger partial charge in [0.25, 0.3) is 23.4 Å². The number of carbonyl (C=O) groups excluding carboxylic acids is 3. The van der Waals surface area contributed by atoms with Gasteiger partial charge >= 0.3 is 0 Å². The van der Waals surface area contributed by atoms with Crippen LogP contribution in [0.2, 0.25) is 5.02 Å². The van der Waals surface area contributed by atoms with Gasteiger partial charge in [-0.2, -0.15) is 0 Å². The van der Waals surface area contributed by atoms with Crippen molar-refractivity contribution in [2.24, 2.45) is 0 Å². The number of imide groups is 1. The minimum atomic E-state index is -1.20. The first kappa shape index (κ1) is 21.7. The number of β-lactam (4-membered cyclic amide) rings is 1. The summed E-state index contributed by atoms with van der Waals surface area (Å²) < 4.78 is 13.6. The zero-order chi connectivity index (χ0) is 24.3. The molecule has 2 heterocycles. The Hall–Kier alpha value is -4.11. The van der Waals surface area contributed by atoms with Crippen molar-refractivity contribution in [3.63, 3.8) is 0 Å². The van der Waals surface area contributed by atoms with E-state index in [0.717, 1.165) is 17.0 Å². The fourth-order valence-corrected chi connectivity index (χ4v) is 4.71. The number of halogens is 2. The largest absolute Gasteiger partial charge is 0.300 e. The predicted octanol–water partition coefficient (Wildman–Crippen LogP) is 4.45. The molecule has 0 aromatic heterocycles. The van der Waals surface area contributed by atoms with Crippen molar-refractivity contribution >= 4 is 40.7 Å². The molecule has 3 aromatic carbocycles. The van der Waals surface area contributed by atoms with Gasteiger partial charge in [-0.15, -0.1) is 0 Å². The summed E-state index contributed by atoms with van der Waals surface area (Å²) in [6.07, 6.45) is 0. The van der Waals surface area contributed by atoms with Crippen LogP contribution in [0.25, 0.3) is 0 Å². The molecule has 1 saturated heterocycles. The van der Waals surface area contributed by atoms with Crippen molar-refractivity contribution in [3.8, 4) is 0 Å². The number of hydrogen-bond donors (Lipinski definition) is 0. The number of non-ortho nitro benzene ring substituents is 1. The van der Waals surface area contributed by atoms with Crippen LogP contribution in [0.3, 0.4) is 0 Å². The summed E-state index contributed by atoms with van der Waals surface area (Å²) >= 11 is 6.06. The monoisotopic (exact) mass is 479 g/mol. The summed E-state index contributed by atoms with van der Waals surface area (Å²) in [6.45, 7) is 1.77. The van der Waals surface area contributed by atoms with Crippen molar-refractivity contribution in [3.05, 3.63) is 104 Å². The van der Waals surface area contributed by atoms with Crippen LogP contribution >= 0.6 is 11.6 Å².